The van der Waals surface area contributed by atoms with Crippen LogP contribution in [0.1, 0.15) is 28.2 Å². The maximum absolute atomic E-state index is 12.2. The normalized spacial score (nSPS) is 12.3. The molecule has 1 heterocycles. The second-order valence-corrected chi connectivity index (χ2v) is 7.18. The van der Waals surface area contributed by atoms with E-state index in [1.165, 1.54) is 28.5 Å². The van der Waals surface area contributed by atoms with Crippen LogP contribution in [-0.2, 0) is 4.74 Å². The summed E-state index contributed by atoms with van der Waals surface area (Å²) in [7, 11) is 0. The van der Waals surface area contributed by atoms with Gasteiger partial charge in [0.1, 0.15) is 17.8 Å². The number of amides is 1. The van der Waals surface area contributed by atoms with Crippen molar-refractivity contribution in [2.75, 3.05) is 13.2 Å². The Labute approximate surface area is 179 Å². The van der Waals surface area contributed by atoms with E-state index in [0.717, 1.165) is 0 Å². The molecule has 1 N–H and O–H groups in total. The van der Waals surface area contributed by atoms with E-state index in [1.54, 1.807) is 18.2 Å². The molecule has 3 aromatic rings. The Kier molecular flexibility index (Phi) is 5.78. The van der Waals surface area contributed by atoms with Crippen LogP contribution in [-0.4, -0.2) is 24.2 Å². The topological polar surface area (TPSA) is 75.0 Å². The average Bonchev–Trinajstić information content (AvgIpc) is 3.10. The number of aromatic nitrogens is 1. The molecule has 0 atom stereocenters. The van der Waals surface area contributed by atoms with Gasteiger partial charge in [0.25, 0.3) is 0 Å². The van der Waals surface area contributed by atoms with E-state index in [9.17, 15) is 4.79 Å². The van der Waals surface area contributed by atoms with Crippen molar-refractivity contribution >= 4 is 23.8 Å². The number of carbonyl (C=O) groups is 1. The first-order valence-corrected chi connectivity index (χ1v) is 9.86. The lowest BCUT2D eigenvalue weighted by molar-refractivity contribution is 0.144. The Morgan fingerprint density at radius 1 is 1.17 bits per heavy atom. The highest BCUT2D eigenvalue weighted by molar-refractivity contribution is 6.30. The largest absolute Gasteiger partial charge is 0.449 e. The van der Waals surface area contributed by atoms with Crippen LogP contribution in [0.2, 0.25) is 5.15 Å². The molecule has 0 radical (unpaired) electrons. The van der Waals surface area contributed by atoms with Gasteiger partial charge in [-0.05, 0) is 28.3 Å². The zero-order valence-electron chi connectivity index (χ0n) is 16.0. The molecular weight excluding hydrogens is 398 g/mol. The van der Waals surface area contributed by atoms with Crippen molar-refractivity contribution in [2.24, 2.45) is 0 Å². The Bertz CT molecular complexity index is 1120. The molecule has 0 spiro atoms. The lowest BCUT2D eigenvalue weighted by Crippen LogP contribution is -2.26. The molecule has 148 valence electrons. The number of ether oxygens (including phenoxy) is 1. The number of benzene rings is 2. The van der Waals surface area contributed by atoms with Crippen LogP contribution >= 0.6 is 11.6 Å². The van der Waals surface area contributed by atoms with E-state index in [4.69, 9.17) is 21.6 Å². The number of pyridine rings is 1. The number of rotatable bonds is 5. The molecule has 1 aliphatic carbocycles. The molecule has 5 nitrogen and oxygen atoms in total. The molecule has 30 heavy (non-hydrogen) atoms. The second-order valence-electron chi connectivity index (χ2n) is 6.82. The zero-order valence-corrected chi connectivity index (χ0v) is 16.8. The van der Waals surface area contributed by atoms with Crippen LogP contribution in [0.15, 0.2) is 66.9 Å². The average molecular weight is 416 g/mol. The lowest BCUT2D eigenvalue weighted by Gasteiger charge is -2.14. The maximum atomic E-state index is 12.2. The summed E-state index contributed by atoms with van der Waals surface area (Å²) in [4.78, 5) is 16.1. The lowest BCUT2D eigenvalue weighted by atomic mass is 9.98. The maximum Gasteiger partial charge on any atom is 0.407 e. The summed E-state index contributed by atoms with van der Waals surface area (Å²) in [6.07, 6.45) is 4.36. The van der Waals surface area contributed by atoms with E-state index in [-0.39, 0.29) is 19.1 Å². The van der Waals surface area contributed by atoms with Gasteiger partial charge in [-0.15, -0.1) is 0 Å². The molecule has 1 aliphatic rings. The Hall–Kier alpha value is -3.62. The molecule has 2 aromatic carbocycles. The van der Waals surface area contributed by atoms with E-state index in [0.29, 0.717) is 16.3 Å². The fourth-order valence-electron chi connectivity index (χ4n) is 3.62. The third kappa shape index (κ3) is 4.05. The molecule has 0 bridgehead atoms. The molecule has 0 fully saturated rings. The molecule has 0 saturated heterocycles. The number of nitriles is 1. The van der Waals surface area contributed by atoms with E-state index < -0.39 is 6.09 Å². The van der Waals surface area contributed by atoms with Gasteiger partial charge in [-0.2, -0.15) is 5.26 Å². The number of fused-ring (bicyclic) bond motifs is 3. The molecule has 4 rings (SSSR count). The minimum absolute atomic E-state index is 0.0253. The number of carbonyl (C=O) groups excluding carboxylic acids is 1. The predicted molar refractivity (Wildman–Crippen MR) is 116 cm³/mol. The van der Waals surface area contributed by atoms with E-state index in [2.05, 4.69) is 34.6 Å². The molecule has 0 saturated carbocycles. The first-order valence-electron chi connectivity index (χ1n) is 9.48. The Morgan fingerprint density at radius 2 is 1.83 bits per heavy atom. The van der Waals surface area contributed by atoms with Gasteiger partial charge >= 0.3 is 6.09 Å². The molecule has 1 aromatic heterocycles. The molecule has 1 amide bonds. The third-order valence-electron chi connectivity index (χ3n) is 5.00. The predicted octanol–water partition coefficient (Wildman–Crippen LogP) is 5.16. The van der Waals surface area contributed by atoms with Crippen LogP contribution in [0.5, 0.6) is 0 Å². The van der Waals surface area contributed by atoms with Crippen molar-refractivity contribution in [1.82, 2.24) is 10.3 Å². The number of nitrogens with one attached hydrogen (secondary N) is 1. The number of hydrogen-bond acceptors (Lipinski definition) is 4. The SMILES string of the molecule is N#Cc1cnc(Cl)c(C=CCNC(=O)OCC2c3ccccc3-c3ccccc32)c1. The van der Waals surface area contributed by atoms with Crippen LogP contribution in [0, 0.1) is 11.3 Å². The fraction of sp³-hybridized carbons (Fsp3) is 0.125. The summed E-state index contributed by atoms with van der Waals surface area (Å²) in [6.45, 7) is 0.535. The van der Waals surface area contributed by atoms with Crippen molar-refractivity contribution in [1.29, 1.82) is 5.26 Å². The standard InChI is InChI=1S/C24H18ClN3O2/c25-23-17(12-16(13-26)14-28-23)6-5-11-27-24(29)30-15-22-20-9-3-1-7-18(20)19-8-2-4-10-21(19)22/h1-10,12,14,22H,11,15H2,(H,27,29). The number of halogens is 1. The second kappa shape index (κ2) is 8.81. The van der Waals surface area contributed by atoms with Crippen molar-refractivity contribution < 1.29 is 9.53 Å². The summed E-state index contributed by atoms with van der Waals surface area (Å²) in [5.41, 5.74) is 5.76. The summed E-state index contributed by atoms with van der Waals surface area (Å²) in [6, 6.07) is 20.1. The van der Waals surface area contributed by atoms with Crippen LogP contribution < -0.4 is 5.32 Å². The zero-order chi connectivity index (χ0) is 20.9. The van der Waals surface area contributed by atoms with Crippen molar-refractivity contribution in [3.8, 4) is 17.2 Å². The summed E-state index contributed by atoms with van der Waals surface area (Å²) >= 11 is 6.02. The van der Waals surface area contributed by atoms with Gasteiger partial charge in [-0.3, -0.25) is 0 Å². The van der Waals surface area contributed by atoms with Crippen molar-refractivity contribution in [3.05, 3.63) is 94.3 Å². The monoisotopic (exact) mass is 415 g/mol. The minimum Gasteiger partial charge on any atom is -0.449 e. The Morgan fingerprint density at radius 3 is 2.50 bits per heavy atom. The molecule has 6 heteroatoms. The van der Waals surface area contributed by atoms with Gasteiger partial charge in [-0.1, -0.05) is 72.3 Å². The number of hydrogen-bond donors (Lipinski definition) is 1. The highest BCUT2D eigenvalue weighted by atomic mass is 35.5. The number of alkyl carbamates (subject to hydrolysis) is 1. The molecule has 0 unspecified atom stereocenters. The van der Waals surface area contributed by atoms with Crippen molar-refractivity contribution in [3.63, 3.8) is 0 Å². The fourth-order valence-corrected chi connectivity index (χ4v) is 3.79. The third-order valence-corrected chi connectivity index (χ3v) is 5.32. The summed E-state index contributed by atoms with van der Waals surface area (Å²) in [5, 5.41) is 11.9. The minimum atomic E-state index is -0.489. The van der Waals surface area contributed by atoms with E-state index in [1.807, 2.05) is 30.3 Å². The van der Waals surface area contributed by atoms with Crippen LogP contribution in [0.25, 0.3) is 17.2 Å². The number of nitrogens with zero attached hydrogens (tertiary/aromatic N) is 2. The van der Waals surface area contributed by atoms with Gasteiger partial charge in [0.2, 0.25) is 0 Å². The van der Waals surface area contributed by atoms with Gasteiger partial charge in [0.05, 0.1) is 5.56 Å². The summed E-state index contributed by atoms with van der Waals surface area (Å²) < 4.78 is 5.49. The highest BCUT2D eigenvalue weighted by Crippen LogP contribution is 2.44. The first kappa shape index (κ1) is 19.7. The van der Waals surface area contributed by atoms with Crippen LogP contribution in [0.3, 0.4) is 0 Å². The van der Waals surface area contributed by atoms with Crippen LogP contribution in [0.4, 0.5) is 4.79 Å². The van der Waals surface area contributed by atoms with Gasteiger partial charge in [0.15, 0.2) is 0 Å². The highest BCUT2D eigenvalue weighted by Gasteiger charge is 2.28. The molecular formula is C24H18ClN3O2. The van der Waals surface area contributed by atoms with E-state index >= 15 is 0 Å². The Balaban J connectivity index is 1.34. The molecule has 0 aliphatic heterocycles. The van der Waals surface area contributed by atoms with Gasteiger partial charge in [0, 0.05) is 24.2 Å². The van der Waals surface area contributed by atoms with Gasteiger partial charge < -0.3 is 10.1 Å². The van der Waals surface area contributed by atoms with Crippen molar-refractivity contribution in [2.45, 2.75) is 5.92 Å². The first-order chi connectivity index (χ1) is 14.7. The van der Waals surface area contributed by atoms with Gasteiger partial charge in [-0.25, -0.2) is 9.78 Å². The quantitative estimate of drug-likeness (QED) is 0.584. The smallest absolute Gasteiger partial charge is 0.407 e. The summed E-state index contributed by atoms with van der Waals surface area (Å²) in [5.74, 6) is 0.0253.